The van der Waals surface area contributed by atoms with Gasteiger partial charge in [0.2, 0.25) is 0 Å². The van der Waals surface area contributed by atoms with E-state index in [1.165, 1.54) is 11.3 Å². The summed E-state index contributed by atoms with van der Waals surface area (Å²) in [7, 11) is 1.87. The lowest BCUT2D eigenvalue weighted by molar-refractivity contribution is 0.122. The van der Waals surface area contributed by atoms with E-state index in [0.29, 0.717) is 12.0 Å². The Labute approximate surface area is 196 Å². The lowest BCUT2D eigenvalue weighted by atomic mass is 9.93. The third-order valence-electron chi connectivity index (χ3n) is 6.10. The molecule has 2 saturated heterocycles. The van der Waals surface area contributed by atoms with Crippen LogP contribution >= 0.6 is 24.0 Å². The average molecular weight is 524 g/mol. The molecule has 1 aromatic carbocycles. The van der Waals surface area contributed by atoms with Crippen LogP contribution in [0, 0.1) is 5.92 Å². The summed E-state index contributed by atoms with van der Waals surface area (Å²) < 4.78 is 7.67. The van der Waals surface area contributed by atoms with Gasteiger partial charge in [0.05, 0.1) is 25.6 Å². The molecule has 7 nitrogen and oxygen atoms in total. The first-order valence-electron chi connectivity index (χ1n) is 10.6. The highest BCUT2D eigenvalue weighted by Gasteiger charge is 2.28. The van der Waals surface area contributed by atoms with Crippen molar-refractivity contribution in [3.05, 3.63) is 48.5 Å². The third kappa shape index (κ3) is 5.46. The molecule has 0 amide bonds. The topological polar surface area (TPSA) is 57.9 Å². The summed E-state index contributed by atoms with van der Waals surface area (Å²) >= 11 is 0. The van der Waals surface area contributed by atoms with Crippen LogP contribution < -0.4 is 10.2 Å². The van der Waals surface area contributed by atoms with Crippen LogP contribution in [-0.4, -0.2) is 66.9 Å². The highest BCUT2D eigenvalue weighted by molar-refractivity contribution is 14.0. The number of anilines is 1. The Morgan fingerprint density at radius 3 is 2.63 bits per heavy atom. The van der Waals surface area contributed by atoms with Gasteiger partial charge in [0.25, 0.3) is 0 Å². The maximum absolute atomic E-state index is 5.44. The summed E-state index contributed by atoms with van der Waals surface area (Å²) in [5.74, 6) is 1.60. The van der Waals surface area contributed by atoms with Gasteiger partial charge in [-0.1, -0.05) is 19.1 Å². The van der Waals surface area contributed by atoms with E-state index in [0.717, 1.165) is 58.3 Å². The van der Waals surface area contributed by atoms with Gasteiger partial charge in [-0.25, -0.2) is 4.98 Å². The van der Waals surface area contributed by atoms with Crippen molar-refractivity contribution in [2.24, 2.45) is 10.9 Å². The van der Waals surface area contributed by atoms with E-state index in [1.807, 2.05) is 19.6 Å². The van der Waals surface area contributed by atoms with Crippen LogP contribution in [0.3, 0.4) is 0 Å². The Kier molecular flexibility index (Phi) is 8.38. The van der Waals surface area contributed by atoms with Gasteiger partial charge in [0.15, 0.2) is 5.96 Å². The van der Waals surface area contributed by atoms with Gasteiger partial charge < -0.3 is 24.4 Å². The predicted molar refractivity (Wildman–Crippen MR) is 132 cm³/mol. The molecule has 1 aromatic heterocycles. The van der Waals surface area contributed by atoms with Gasteiger partial charge in [-0.05, 0) is 30.0 Å². The van der Waals surface area contributed by atoms with Crippen LogP contribution in [-0.2, 0) is 11.3 Å². The first-order valence-corrected chi connectivity index (χ1v) is 10.6. The third-order valence-corrected chi connectivity index (χ3v) is 6.10. The van der Waals surface area contributed by atoms with Crippen molar-refractivity contribution in [1.82, 2.24) is 19.8 Å². The molecule has 2 atom stereocenters. The fraction of sp³-hybridized carbons (Fsp3) is 0.545. The normalized spacial score (nSPS) is 22.5. The first-order chi connectivity index (χ1) is 14.2. The van der Waals surface area contributed by atoms with E-state index in [9.17, 15) is 0 Å². The molecule has 2 aliphatic rings. The molecule has 30 heavy (non-hydrogen) atoms. The number of benzene rings is 1. The van der Waals surface area contributed by atoms with Gasteiger partial charge in [-0.3, -0.25) is 4.99 Å². The standard InChI is InChI=1S/C22H32N6O.HI/c1-18-7-9-27(16-21(18)28-10-8-24-17-28)22(23-2)25-15-19-3-5-20(6-4-19)26-11-13-29-14-12-26;/h3-6,8,10,17-18,21H,7,9,11-16H2,1-2H3,(H,23,25);1H. The Morgan fingerprint density at radius 2 is 1.97 bits per heavy atom. The minimum absolute atomic E-state index is 0. The average Bonchev–Trinajstić information content (AvgIpc) is 3.31. The van der Waals surface area contributed by atoms with Crippen molar-refractivity contribution >= 4 is 35.6 Å². The fourth-order valence-electron chi connectivity index (χ4n) is 4.25. The number of nitrogens with zero attached hydrogens (tertiary/aromatic N) is 5. The molecular formula is C22H33IN6O. The number of guanidine groups is 1. The van der Waals surface area contributed by atoms with Crippen molar-refractivity contribution in [2.75, 3.05) is 51.3 Å². The molecule has 2 aliphatic heterocycles. The lowest BCUT2D eigenvalue weighted by Crippen LogP contribution is -2.48. The van der Waals surface area contributed by atoms with Crippen LogP contribution in [0.1, 0.15) is 24.9 Å². The van der Waals surface area contributed by atoms with Gasteiger partial charge >= 0.3 is 0 Å². The maximum atomic E-state index is 5.44. The predicted octanol–water partition coefficient (Wildman–Crippen LogP) is 3.00. The zero-order valence-corrected chi connectivity index (χ0v) is 20.2. The molecule has 2 aromatic rings. The lowest BCUT2D eigenvalue weighted by Gasteiger charge is -2.39. The fourth-order valence-corrected chi connectivity index (χ4v) is 4.25. The van der Waals surface area contributed by atoms with Crippen molar-refractivity contribution < 1.29 is 4.74 Å². The van der Waals surface area contributed by atoms with Crippen LogP contribution in [0.4, 0.5) is 5.69 Å². The number of hydrogen-bond acceptors (Lipinski definition) is 4. The number of hydrogen-bond donors (Lipinski definition) is 1. The summed E-state index contributed by atoms with van der Waals surface area (Å²) in [6.07, 6.45) is 7.00. The monoisotopic (exact) mass is 524 g/mol. The first kappa shape index (κ1) is 22.9. The number of piperidine rings is 1. The van der Waals surface area contributed by atoms with E-state index in [1.54, 1.807) is 0 Å². The number of aromatic nitrogens is 2. The molecule has 0 radical (unpaired) electrons. The van der Waals surface area contributed by atoms with Gasteiger partial charge in [-0.2, -0.15) is 0 Å². The molecule has 0 saturated carbocycles. The molecule has 2 fully saturated rings. The molecule has 0 aliphatic carbocycles. The summed E-state index contributed by atoms with van der Waals surface area (Å²) in [5.41, 5.74) is 2.54. The molecule has 4 rings (SSSR count). The minimum Gasteiger partial charge on any atom is -0.378 e. The maximum Gasteiger partial charge on any atom is 0.193 e. The van der Waals surface area contributed by atoms with Crippen molar-refractivity contribution in [3.63, 3.8) is 0 Å². The zero-order chi connectivity index (χ0) is 20.1. The number of likely N-dealkylation sites (tertiary alicyclic amines) is 1. The van der Waals surface area contributed by atoms with Gasteiger partial charge in [0.1, 0.15) is 0 Å². The molecule has 8 heteroatoms. The van der Waals surface area contributed by atoms with E-state index in [-0.39, 0.29) is 24.0 Å². The van der Waals surface area contributed by atoms with Crippen LogP contribution in [0.25, 0.3) is 0 Å². The van der Waals surface area contributed by atoms with E-state index >= 15 is 0 Å². The SMILES string of the molecule is CN=C(NCc1ccc(N2CCOCC2)cc1)N1CCC(C)C(n2ccnc2)C1.I. The largest absolute Gasteiger partial charge is 0.378 e. The molecule has 2 unspecified atom stereocenters. The number of ether oxygens (including phenoxy) is 1. The molecule has 3 heterocycles. The second kappa shape index (κ2) is 11.0. The van der Waals surface area contributed by atoms with E-state index in [2.05, 4.69) is 67.0 Å². The van der Waals surface area contributed by atoms with E-state index < -0.39 is 0 Å². The van der Waals surface area contributed by atoms with Crippen molar-refractivity contribution in [1.29, 1.82) is 0 Å². The van der Waals surface area contributed by atoms with Crippen LogP contribution in [0.15, 0.2) is 48.0 Å². The van der Waals surface area contributed by atoms with Gasteiger partial charge in [-0.15, -0.1) is 24.0 Å². The smallest absolute Gasteiger partial charge is 0.193 e. The summed E-state index contributed by atoms with van der Waals surface area (Å²) in [6.45, 7) is 8.65. The highest BCUT2D eigenvalue weighted by Crippen LogP contribution is 2.27. The Bertz CT molecular complexity index is 788. The Balaban J connectivity index is 0.00000256. The molecule has 164 valence electrons. The van der Waals surface area contributed by atoms with Crippen molar-refractivity contribution in [2.45, 2.75) is 25.9 Å². The number of rotatable bonds is 4. The number of halogens is 1. The number of aliphatic imine (C=N–C) groups is 1. The molecular weight excluding hydrogens is 491 g/mol. The van der Waals surface area contributed by atoms with Crippen molar-refractivity contribution in [3.8, 4) is 0 Å². The summed E-state index contributed by atoms with van der Waals surface area (Å²) in [6, 6.07) is 9.26. The highest BCUT2D eigenvalue weighted by atomic mass is 127. The van der Waals surface area contributed by atoms with Crippen LogP contribution in [0.5, 0.6) is 0 Å². The Hall–Kier alpha value is -1.81. The number of imidazole rings is 1. The summed E-state index contributed by atoms with van der Waals surface area (Å²) in [5, 5.41) is 3.55. The molecule has 0 bridgehead atoms. The second-order valence-electron chi connectivity index (χ2n) is 7.96. The minimum atomic E-state index is 0. The molecule has 1 N–H and O–H groups in total. The zero-order valence-electron chi connectivity index (χ0n) is 17.9. The van der Waals surface area contributed by atoms with Crippen LogP contribution in [0.2, 0.25) is 0 Å². The quantitative estimate of drug-likeness (QED) is 0.379. The number of nitrogens with one attached hydrogen (secondary N) is 1. The van der Waals surface area contributed by atoms with Gasteiger partial charge in [0, 0.05) is 57.9 Å². The van der Waals surface area contributed by atoms with E-state index in [4.69, 9.17) is 4.74 Å². The molecule has 0 spiro atoms. The number of morpholine rings is 1. The Morgan fingerprint density at radius 1 is 1.20 bits per heavy atom. The summed E-state index contributed by atoms with van der Waals surface area (Å²) in [4.78, 5) is 13.5. The second-order valence-corrected chi connectivity index (χ2v) is 7.96.